The Morgan fingerprint density at radius 3 is 1.75 bits per heavy atom. The standard InChI is InChI=1S/C20H36O3.K.H/c1-3-4-5-6-7-8-9-10-11-12-13-14-15-16-17-18-20(22)23-19(2)21;;/h10-11H,3-9,12-18H2,1-2H3;;/q;+1;-1/b11-10-;;. The first-order chi connectivity index (χ1) is 11.2. The second-order valence-electron chi connectivity index (χ2n) is 6.30. The number of rotatable bonds is 15. The second-order valence-corrected chi connectivity index (χ2v) is 6.30. The number of unbranched alkanes of at least 4 members (excludes halogenated alkanes) is 11. The summed E-state index contributed by atoms with van der Waals surface area (Å²) in [5.74, 6) is -0.905. The largest absolute Gasteiger partial charge is 1.00 e. The fourth-order valence-electron chi connectivity index (χ4n) is 2.55. The third kappa shape index (κ3) is 22.5. The first-order valence-electron chi connectivity index (χ1n) is 9.53. The Hall–Kier alpha value is 0.516. The first-order valence-corrected chi connectivity index (χ1v) is 9.53. The minimum Gasteiger partial charge on any atom is -1.00 e. The summed E-state index contributed by atoms with van der Waals surface area (Å²) in [6.07, 6.45) is 21.0. The van der Waals surface area contributed by atoms with Gasteiger partial charge in [-0.3, -0.25) is 9.59 Å². The monoisotopic (exact) mass is 364 g/mol. The molecule has 24 heavy (non-hydrogen) atoms. The molecule has 0 unspecified atom stereocenters. The normalized spacial score (nSPS) is 10.6. The van der Waals surface area contributed by atoms with Gasteiger partial charge in [-0.25, -0.2) is 0 Å². The second kappa shape index (κ2) is 21.6. The number of hydrogen-bond donors (Lipinski definition) is 0. The van der Waals surface area contributed by atoms with Crippen LogP contribution in [0.3, 0.4) is 0 Å². The summed E-state index contributed by atoms with van der Waals surface area (Å²) in [4.78, 5) is 21.7. The molecule has 4 heteroatoms. The smallest absolute Gasteiger partial charge is 1.00 e. The van der Waals surface area contributed by atoms with E-state index in [2.05, 4.69) is 23.8 Å². The molecule has 0 N–H and O–H groups in total. The van der Waals surface area contributed by atoms with Crippen molar-refractivity contribution in [3.8, 4) is 0 Å². The van der Waals surface area contributed by atoms with Gasteiger partial charge in [0.15, 0.2) is 0 Å². The van der Waals surface area contributed by atoms with E-state index in [9.17, 15) is 9.59 Å². The van der Waals surface area contributed by atoms with Crippen LogP contribution in [0.2, 0.25) is 0 Å². The van der Waals surface area contributed by atoms with Crippen LogP contribution in [0.15, 0.2) is 12.2 Å². The minimum atomic E-state index is -0.511. The van der Waals surface area contributed by atoms with Crippen molar-refractivity contribution in [2.75, 3.05) is 0 Å². The molecule has 0 fully saturated rings. The predicted molar refractivity (Wildman–Crippen MR) is 97.3 cm³/mol. The van der Waals surface area contributed by atoms with E-state index < -0.39 is 11.9 Å². The van der Waals surface area contributed by atoms with Crippen LogP contribution in [0.4, 0.5) is 0 Å². The fraction of sp³-hybridized carbons (Fsp3) is 0.800. The van der Waals surface area contributed by atoms with Gasteiger partial charge in [-0.2, -0.15) is 0 Å². The molecule has 0 bridgehead atoms. The maximum absolute atomic E-state index is 11.1. The molecule has 0 saturated heterocycles. The van der Waals surface area contributed by atoms with Crippen LogP contribution >= 0.6 is 0 Å². The van der Waals surface area contributed by atoms with Crippen LogP contribution in [-0.2, 0) is 14.3 Å². The molecule has 0 rings (SSSR count). The van der Waals surface area contributed by atoms with Gasteiger partial charge in [-0.15, -0.1) is 0 Å². The van der Waals surface area contributed by atoms with Crippen molar-refractivity contribution >= 4 is 11.9 Å². The van der Waals surface area contributed by atoms with Gasteiger partial charge in [-0.1, -0.05) is 70.4 Å². The Balaban J connectivity index is -0.00000242. The van der Waals surface area contributed by atoms with Gasteiger partial charge in [0.25, 0.3) is 0 Å². The summed E-state index contributed by atoms with van der Waals surface area (Å²) in [5.41, 5.74) is 0. The molecule has 0 atom stereocenters. The first kappa shape index (κ1) is 26.7. The Labute approximate surface area is 193 Å². The topological polar surface area (TPSA) is 43.4 Å². The molecule has 0 amide bonds. The van der Waals surface area contributed by atoms with Crippen molar-refractivity contribution in [3.63, 3.8) is 0 Å². The molecule has 0 aromatic rings. The van der Waals surface area contributed by atoms with Crippen molar-refractivity contribution in [1.82, 2.24) is 0 Å². The molecule has 0 aliphatic carbocycles. The van der Waals surface area contributed by atoms with Gasteiger partial charge in [0.05, 0.1) is 0 Å². The van der Waals surface area contributed by atoms with Crippen molar-refractivity contribution in [2.24, 2.45) is 0 Å². The van der Waals surface area contributed by atoms with Gasteiger partial charge < -0.3 is 6.16 Å². The Kier molecular flexibility index (Phi) is 24.0. The van der Waals surface area contributed by atoms with E-state index in [4.69, 9.17) is 0 Å². The minimum absolute atomic E-state index is 0. The number of allylic oxidation sites excluding steroid dienone is 2. The number of hydrogen-bond acceptors (Lipinski definition) is 3. The third-order valence-electron chi connectivity index (χ3n) is 3.90. The number of carbonyl (C=O) groups is 2. The van der Waals surface area contributed by atoms with Gasteiger partial charge >= 0.3 is 63.3 Å². The van der Waals surface area contributed by atoms with Gasteiger partial charge in [0, 0.05) is 13.3 Å². The zero-order chi connectivity index (χ0) is 17.2. The number of carbonyl (C=O) groups excluding carboxylic acids is 2. The van der Waals surface area contributed by atoms with E-state index in [1.807, 2.05) is 0 Å². The summed E-state index contributed by atoms with van der Waals surface area (Å²) < 4.78 is 4.48. The molecule has 0 aromatic carbocycles. The number of esters is 2. The maximum Gasteiger partial charge on any atom is 1.00 e. The van der Waals surface area contributed by atoms with Crippen LogP contribution < -0.4 is 51.4 Å². The Morgan fingerprint density at radius 2 is 1.25 bits per heavy atom. The summed E-state index contributed by atoms with van der Waals surface area (Å²) >= 11 is 0. The quantitative estimate of drug-likeness (QED) is 0.147. The molecule has 0 radical (unpaired) electrons. The van der Waals surface area contributed by atoms with Crippen molar-refractivity contribution in [3.05, 3.63) is 12.2 Å². The summed E-state index contributed by atoms with van der Waals surface area (Å²) in [6, 6.07) is 0. The third-order valence-corrected chi connectivity index (χ3v) is 3.90. The molecule has 0 saturated carbocycles. The van der Waals surface area contributed by atoms with E-state index >= 15 is 0 Å². The maximum atomic E-state index is 11.1. The van der Waals surface area contributed by atoms with Crippen LogP contribution in [0.25, 0.3) is 0 Å². The van der Waals surface area contributed by atoms with Gasteiger partial charge in [0.1, 0.15) is 0 Å². The zero-order valence-electron chi connectivity index (χ0n) is 17.3. The average Bonchev–Trinajstić information content (AvgIpc) is 2.50. The van der Waals surface area contributed by atoms with Crippen molar-refractivity contribution in [2.45, 2.75) is 104 Å². The van der Waals surface area contributed by atoms with E-state index in [0.29, 0.717) is 6.42 Å². The van der Waals surface area contributed by atoms with Crippen molar-refractivity contribution < 1.29 is 67.1 Å². The van der Waals surface area contributed by atoms with Crippen LogP contribution in [0, 0.1) is 0 Å². The molecule has 0 spiro atoms. The Morgan fingerprint density at radius 1 is 0.792 bits per heavy atom. The predicted octanol–water partition coefficient (Wildman–Crippen LogP) is 3.23. The summed E-state index contributed by atoms with van der Waals surface area (Å²) in [5, 5.41) is 0. The number of ether oxygens (including phenoxy) is 1. The zero-order valence-corrected chi connectivity index (χ0v) is 19.4. The fourth-order valence-corrected chi connectivity index (χ4v) is 2.55. The molecule has 0 aliphatic heterocycles. The van der Waals surface area contributed by atoms with Crippen LogP contribution in [-0.4, -0.2) is 11.9 Å². The summed E-state index contributed by atoms with van der Waals surface area (Å²) in [6.45, 7) is 3.52. The SMILES string of the molecule is CCCCCCCC/C=C\CCCCCCCC(=O)OC(C)=O.[H-].[K+]. The molecular weight excluding hydrogens is 327 g/mol. The van der Waals surface area contributed by atoms with Gasteiger partial charge in [-0.05, 0) is 32.1 Å². The molecule has 3 nitrogen and oxygen atoms in total. The average molecular weight is 365 g/mol. The molecule has 136 valence electrons. The molecule has 0 aromatic heterocycles. The molecule has 0 heterocycles. The van der Waals surface area contributed by atoms with E-state index in [-0.39, 0.29) is 52.8 Å². The van der Waals surface area contributed by atoms with Gasteiger partial charge in [0.2, 0.25) is 0 Å². The molecular formula is C20H37KO3. The van der Waals surface area contributed by atoms with E-state index in [1.165, 1.54) is 71.1 Å². The van der Waals surface area contributed by atoms with Crippen molar-refractivity contribution in [1.29, 1.82) is 0 Å². The van der Waals surface area contributed by atoms with Crippen LogP contribution in [0.1, 0.15) is 105 Å². The van der Waals surface area contributed by atoms with E-state index in [1.54, 1.807) is 0 Å². The van der Waals surface area contributed by atoms with Crippen LogP contribution in [0.5, 0.6) is 0 Å². The van der Waals surface area contributed by atoms with E-state index in [0.717, 1.165) is 19.3 Å². The summed E-state index contributed by atoms with van der Waals surface area (Å²) in [7, 11) is 0. The Bertz CT molecular complexity index is 333. The molecule has 0 aliphatic rings.